The molecule has 2 atom stereocenters. The quantitative estimate of drug-likeness (QED) is 0.864. The summed E-state index contributed by atoms with van der Waals surface area (Å²) < 4.78 is 5.43. The number of aliphatic hydroxyl groups is 1. The van der Waals surface area contributed by atoms with Crippen LogP contribution in [0.2, 0.25) is 0 Å². The Balaban J connectivity index is 1.62. The van der Waals surface area contributed by atoms with Gasteiger partial charge >= 0.3 is 0 Å². The van der Waals surface area contributed by atoms with Crippen molar-refractivity contribution < 1.29 is 14.6 Å². The van der Waals surface area contributed by atoms with Crippen molar-refractivity contribution >= 4 is 5.91 Å². The van der Waals surface area contributed by atoms with Crippen LogP contribution in [-0.4, -0.2) is 66.8 Å². The van der Waals surface area contributed by atoms with Gasteiger partial charge in [0.15, 0.2) is 0 Å². The number of likely N-dealkylation sites (tertiary alicyclic amines) is 2. The smallest absolute Gasteiger partial charge is 0.253 e. The molecular formula is C19H28N2O3. The van der Waals surface area contributed by atoms with Crippen LogP contribution < -0.4 is 4.74 Å². The number of hydrogen-bond donors (Lipinski definition) is 1. The molecule has 1 N–H and O–H groups in total. The molecule has 0 spiro atoms. The predicted molar refractivity (Wildman–Crippen MR) is 93.3 cm³/mol. The van der Waals surface area contributed by atoms with E-state index in [2.05, 4.69) is 4.90 Å². The maximum atomic E-state index is 12.8. The minimum atomic E-state index is 0.0559. The van der Waals surface area contributed by atoms with Gasteiger partial charge in [-0.25, -0.2) is 0 Å². The summed E-state index contributed by atoms with van der Waals surface area (Å²) in [6, 6.07) is 7.35. The summed E-state index contributed by atoms with van der Waals surface area (Å²) in [5.74, 6) is 1.41. The van der Waals surface area contributed by atoms with Crippen LogP contribution in [0.5, 0.6) is 5.75 Å². The molecule has 1 aromatic carbocycles. The Labute approximate surface area is 144 Å². The summed E-state index contributed by atoms with van der Waals surface area (Å²) in [5, 5.41) is 9.70. The first-order valence-corrected chi connectivity index (χ1v) is 9.06. The van der Waals surface area contributed by atoms with E-state index >= 15 is 0 Å². The molecule has 0 aromatic heterocycles. The number of aliphatic hydroxyl groups excluding tert-OH is 1. The van der Waals surface area contributed by atoms with E-state index < -0.39 is 0 Å². The summed E-state index contributed by atoms with van der Waals surface area (Å²) in [7, 11) is 0. The van der Waals surface area contributed by atoms with E-state index in [1.165, 1.54) is 12.8 Å². The molecule has 0 unspecified atom stereocenters. The first-order chi connectivity index (χ1) is 11.7. The van der Waals surface area contributed by atoms with Crippen molar-refractivity contribution in [3.63, 3.8) is 0 Å². The molecular weight excluding hydrogens is 304 g/mol. The molecule has 2 aliphatic rings. The number of amides is 1. The Morgan fingerprint density at radius 3 is 2.46 bits per heavy atom. The Bertz CT molecular complexity index is 540. The van der Waals surface area contributed by atoms with Gasteiger partial charge in [0.2, 0.25) is 0 Å². The van der Waals surface area contributed by atoms with Gasteiger partial charge in [0, 0.05) is 37.7 Å². The molecule has 0 bridgehead atoms. The first-order valence-electron chi connectivity index (χ1n) is 9.06. The Morgan fingerprint density at radius 2 is 1.83 bits per heavy atom. The summed E-state index contributed by atoms with van der Waals surface area (Å²) in [6.07, 6.45) is 2.54. The second kappa shape index (κ2) is 7.99. The van der Waals surface area contributed by atoms with Crippen LogP contribution in [0, 0.1) is 11.8 Å². The van der Waals surface area contributed by atoms with E-state index in [0.29, 0.717) is 24.6 Å². The maximum Gasteiger partial charge on any atom is 0.253 e. The van der Waals surface area contributed by atoms with E-state index in [0.717, 1.165) is 31.9 Å². The standard InChI is InChI=1S/C19H28N2O3/c1-2-24-18-7-5-15(6-8-18)19(23)21-12-16(17(13-21)14-22)11-20-9-3-4-10-20/h5-8,16-17,22H,2-4,9-14H2,1H3/t16-,17-/m1/s1. The van der Waals surface area contributed by atoms with Crippen molar-refractivity contribution in [2.75, 3.05) is 45.9 Å². The average molecular weight is 332 g/mol. The number of ether oxygens (including phenoxy) is 1. The van der Waals surface area contributed by atoms with Crippen LogP contribution in [0.1, 0.15) is 30.1 Å². The summed E-state index contributed by atoms with van der Waals surface area (Å²) in [5.41, 5.74) is 0.692. The van der Waals surface area contributed by atoms with Gasteiger partial charge in [-0.15, -0.1) is 0 Å². The maximum absolute atomic E-state index is 12.8. The lowest BCUT2D eigenvalue weighted by Crippen LogP contribution is -2.32. The number of nitrogens with zero attached hydrogens (tertiary/aromatic N) is 2. The fraction of sp³-hybridized carbons (Fsp3) is 0.632. The highest BCUT2D eigenvalue weighted by atomic mass is 16.5. The molecule has 3 rings (SSSR count). The number of benzene rings is 1. The summed E-state index contributed by atoms with van der Waals surface area (Å²) in [6.45, 7) is 7.43. The number of rotatable bonds is 6. The van der Waals surface area contributed by atoms with E-state index in [4.69, 9.17) is 4.74 Å². The number of carbonyl (C=O) groups is 1. The third-order valence-electron chi connectivity index (χ3n) is 5.20. The molecule has 24 heavy (non-hydrogen) atoms. The lowest BCUT2D eigenvalue weighted by Gasteiger charge is -2.22. The van der Waals surface area contributed by atoms with Crippen LogP contribution in [0.4, 0.5) is 0 Å². The molecule has 2 heterocycles. The molecule has 2 fully saturated rings. The van der Waals surface area contributed by atoms with Crippen molar-refractivity contribution in [2.24, 2.45) is 11.8 Å². The van der Waals surface area contributed by atoms with Gasteiger partial charge in [-0.2, -0.15) is 0 Å². The van der Waals surface area contributed by atoms with Crippen molar-refractivity contribution in [3.8, 4) is 5.75 Å². The molecule has 0 saturated carbocycles. The number of carbonyl (C=O) groups excluding carboxylic acids is 1. The molecule has 0 radical (unpaired) electrons. The molecule has 132 valence electrons. The van der Waals surface area contributed by atoms with E-state index in [-0.39, 0.29) is 18.4 Å². The monoisotopic (exact) mass is 332 g/mol. The lowest BCUT2D eigenvalue weighted by molar-refractivity contribution is 0.0779. The van der Waals surface area contributed by atoms with Crippen LogP contribution in [0.3, 0.4) is 0 Å². The topological polar surface area (TPSA) is 53.0 Å². The van der Waals surface area contributed by atoms with Gasteiger partial charge in [-0.1, -0.05) is 0 Å². The zero-order chi connectivity index (χ0) is 16.9. The van der Waals surface area contributed by atoms with Crippen LogP contribution >= 0.6 is 0 Å². The minimum Gasteiger partial charge on any atom is -0.494 e. The largest absolute Gasteiger partial charge is 0.494 e. The highest BCUT2D eigenvalue weighted by molar-refractivity contribution is 5.94. The second-order valence-corrected chi connectivity index (χ2v) is 6.88. The van der Waals surface area contributed by atoms with Gasteiger partial charge in [-0.05, 0) is 63.0 Å². The van der Waals surface area contributed by atoms with Crippen LogP contribution in [0.25, 0.3) is 0 Å². The molecule has 0 aliphatic carbocycles. The summed E-state index contributed by atoms with van der Waals surface area (Å²) >= 11 is 0. The Morgan fingerprint density at radius 1 is 1.17 bits per heavy atom. The molecule has 2 aliphatic heterocycles. The Kier molecular flexibility index (Phi) is 5.74. The van der Waals surface area contributed by atoms with Crippen molar-refractivity contribution in [1.29, 1.82) is 0 Å². The first kappa shape index (κ1) is 17.2. The van der Waals surface area contributed by atoms with E-state index in [1.807, 2.05) is 36.1 Å². The van der Waals surface area contributed by atoms with Crippen molar-refractivity contribution in [1.82, 2.24) is 9.80 Å². The SMILES string of the molecule is CCOc1ccc(C(=O)N2C[C@@H](CN3CCCC3)[C@@H](CO)C2)cc1. The lowest BCUT2D eigenvalue weighted by atomic mass is 9.96. The van der Waals surface area contributed by atoms with Crippen molar-refractivity contribution in [2.45, 2.75) is 19.8 Å². The Hall–Kier alpha value is -1.59. The molecule has 2 saturated heterocycles. The summed E-state index contributed by atoms with van der Waals surface area (Å²) in [4.78, 5) is 17.1. The fourth-order valence-electron chi connectivity index (χ4n) is 3.86. The average Bonchev–Trinajstić information content (AvgIpc) is 3.25. The normalized spacial score (nSPS) is 24.5. The predicted octanol–water partition coefficient (Wildman–Crippen LogP) is 1.86. The minimum absolute atomic E-state index is 0.0559. The van der Waals surface area contributed by atoms with Gasteiger partial charge in [0.05, 0.1) is 6.61 Å². The van der Waals surface area contributed by atoms with Gasteiger partial charge in [0.1, 0.15) is 5.75 Å². The third-order valence-corrected chi connectivity index (χ3v) is 5.20. The van der Waals surface area contributed by atoms with Gasteiger partial charge < -0.3 is 19.6 Å². The fourth-order valence-corrected chi connectivity index (χ4v) is 3.86. The molecule has 1 aromatic rings. The highest BCUT2D eigenvalue weighted by Gasteiger charge is 2.36. The zero-order valence-corrected chi connectivity index (χ0v) is 14.5. The molecule has 5 heteroatoms. The molecule has 1 amide bonds. The van der Waals surface area contributed by atoms with E-state index in [1.54, 1.807) is 0 Å². The highest BCUT2D eigenvalue weighted by Crippen LogP contribution is 2.27. The van der Waals surface area contributed by atoms with E-state index in [9.17, 15) is 9.90 Å². The third kappa shape index (κ3) is 3.90. The van der Waals surface area contributed by atoms with Gasteiger partial charge in [0.25, 0.3) is 5.91 Å². The van der Waals surface area contributed by atoms with Crippen LogP contribution in [-0.2, 0) is 0 Å². The van der Waals surface area contributed by atoms with Crippen molar-refractivity contribution in [3.05, 3.63) is 29.8 Å². The zero-order valence-electron chi connectivity index (χ0n) is 14.5. The van der Waals surface area contributed by atoms with Gasteiger partial charge in [-0.3, -0.25) is 4.79 Å². The number of hydrogen-bond acceptors (Lipinski definition) is 4. The van der Waals surface area contributed by atoms with Crippen LogP contribution in [0.15, 0.2) is 24.3 Å². The molecule has 5 nitrogen and oxygen atoms in total. The second-order valence-electron chi connectivity index (χ2n) is 6.88.